The smallest absolute Gasteiger partial charge is 0.276 e. The number of rotatable bonds is 3. The van der Waals surface area contributed by atoms with E-state index < -0.39 is 12.2 Å². The summed E-state index contributed by atoms with van der Waals surface area (Å²) in [6.07, 6.45) is -2.48. The molecule has 1 nitrogen and oxygen atoms in total. The molecule has 1 heterocycles. The Morgan fingerprint density at radius 2 is 1.42 bits per heavy atom. The third-order valence-electron chi connectivity index (χ3n) is 3.19. The monoisotopic (exact) mass is 258 g/mol. The van der Waals surface area contributed by atoms with Crippen LogP contribution < -0.4 is 0 Å². The quantitative estimate of drug-likeness (QED) is 0.742. The number of halogens is 2. The van der Waals surface area contributed by atoms with Gasteiger partial charge in [0.25, 0.3) is 6.08 Å². The minimum Gasteiger partial charge on any atom is -0.359 e. The molecule has 0 amide bonds. The molecule has 96 valence electrons. The van der Waals surface area contributed by atoms with Crippen molar-refractivity contribution in [1.29, 1.82) is 0 Å². The lowest BCUT2D eigenvalue weighted by molar-refractivity contribution is 0.385. The first kappa shape index (κ1) is 12.1. The van der Waals surface area contributed by atoms with Crippen molar-refractivity contribution in [3.05, 3.63) is 77.9 Å². The molecule has 2 atom stereocenters. The fraction of sp³-hybridized carbons (Fsp3) is 0.125. The SMILES string of the molecule is FC(F)=C(c1ccccc1)[C@H]1O[C@@H]1c1ccccc1. The summed E-state index contributed by atoms with van der Waals surface area (Å²) in [4.78, 5) is 0. The third-order valence-corrected chi connectivity index (χ3v) is 3.19. The van der Waals surface area contributed by atoms with E-state index in [-0.39, 0.29) is 11.7 Å². The molecular formula is C16H12F2O. The molecule has 0 spiro atoms. The highest BCUT2D eigenvalue weighted by Crippen LogP contribution is 2.47. The fourth-order valence-electron chi connectivity index (χ4n) is 2.23. The van der Waals surface area contributed by atoms with Crippen LogP contribution in [0.15, 0.2) is 66.7 Å². The van der Waals surface area contributed by atoms with Crippen molar-refractivity contribution >= 4 is 5.57 Å². The van der Waals surface area contributed by atoms with E-state index in [1.165, 1.54) is 0 Å². The maximum atomic E-state index is 13.2. The average molecular weight is 258 g/mol. The molecule has 0 bridgehead atoms. The summed E-state index contributed by atoms with van der Waals surface area (Å²) in [6, 6.07) is 18.1. The molecular weight excluding hydrogens is 246 g/mol. The second-order valence-corrected chi connectivity index (χ2v) is 4.43. The lowest BCUT2D eigenvalue weighted by atomic mass is 9.99. The van der Waals surface area contributed by atoms with Crippen molar-refractivity contribution in [2.24, 2.45) is 0 Å². The van der Waals surface area contributed by atoms with E-state index in [0.29, 0.717) is 5.56 Å². The molecule has 0 aromatic heterocycles. The number of hydrogen-bond donors (Lipinski definition) is 0. The van der Waals surface area contributed by atoms with Crippen molar-refractivity contribution in [1.82, 2.24) is 0 Å². The molecule has 0 N–H and O–H groups in total. The molecule has 0 saturated carbocycles. The van der Waals surface area contributed by atoms with E-state index in [2.05, 4.69) is 0 Å². The van der Waals surface area contributed by atoms with Gasteiger partial charge in [-0.15, -0.1) is 0 Å². The molecule has 19 heavy (non-hydrogen) atoms. The lowest BCUT2D eigenvalue weighted by Gasteiger charge is -2.03. The number of epoxide rings is 1. The number of benzene rings is 2. The van der Waals surface area contributed by atoms with Gasteiger partial charge in [0.15, 0.2) is 0 Å². The predicted octanol–water partition coefficient (Wildman–Crippen LogP) is 4.43. The minimum atomic E-state index is -1.67. The zero-order chi connectivity index (χ0) is 13.2. The Morgan fingerprint density at radius 3 is 2.00 bits per heavy atom. The molecule has 1 fully saturated rings. The zero-order valence-corrected chi connectivity index (χ0v) is 10.1. The molecule has 1 saturated heterocycles. The van der Waals surface area contributed by atoms with Gasteiger partial charge in [0.05, 0.1) is 5.57 Å². The van der Waals surface area contributed by atoms with Crippen molar-refractivity contribution in [3.8, 4) is 0 Å². The molecule has 0 aliphatic carbocycles. The molecule has 2 aromatic rings. The molecule has 0 radical (unpaired) electrons. The van der Waals surface area contributed by atoms with E-state index in [4.69, 9.17) is 4.74 Å². The Kier molecular flexibility index (Phi) is 3.13. The number of ether oxygens (including phenoxy) is 1. The normalized spacial score (nSPS) is 20.9. The van der Waals surface area contributed by atoms with Crippen molar-refractivity contribution < 1.29 is 13.5 Å². The lowest BCUT2D eigenvalue weighted by Crippen LogP contribution is -1.96. The van der Waals surface area contributed by atoms with Crippen molar-refractivity contribution in [3.63, 3.8) is 0 Å². The molecule has 1 aliphatic rings. The van der Waals surface area contributed by atoms with E-state index in [1.807, 2.05) is 30.3 Å². The van der Waals surface area contributed by atoms with Crippen LogP contribution in [-0.4, -0.2) is 6.10 Å². The fourth-order valence-corrected chi connectivity index (χ4v) is 2.23. The van der Waals surface area contributed by atoms with Gasteiger partial charge in [0, 0.05) is 0 Å². The molecule has 3 rings (SSSR count). The maximum absolute atomic E-state index is 13.2. The van der Waals surface area contributed by atoms with Gasteiger partial charge in [-0.25, -0.2) is 0 Å². The topological polar surface area (TPSA) is 12.5 Å². The second kappa shape index (κ2) is 4.94. The van der Waals surface area contributed by atoms with Crippen LogP contribution in [0.1, 0.15) is 17.2 Å². The van der Waals surface area contributed by atoms with Gasteiger partial charge in [0.2, 0.25) is 0 Å². The third kappa shape index (κ3) is 2.42. The summed E-state index contributed by atoms with van der Waals surface area (Å²) in [6.45, 7) is 0. The molecule has 0 unspecified atom stereocenters. The van der Waals surface area contributed by atoms with Crippen LogP contribution in [0.25, 0.3) is 5.57 Å². The zero-order valence-electron chi connectivity index (χ0n) is 10.1. The van der Waals surface area contributed by atoms with Crippen LogP contribution in [0.2, 0.25) is 0 Å². The van der Waals surface area contributed by atoms with Gasteiger partial charge in [0.1, 0.15) is 12.2 Å². The highest BCUT2D eigenvalue weighted by atomic mass is 19.3. The Bertz CT molecular complexity index is 589. The summed E-state index contributed by atoms with van der Waals surface area (Å²) in [7, 11) is 0. The second-order valence-electron chi connectivity index (χ2n) is 4.43. The van der Waals surface area contributed by atoms with Crippen LogP contribution in [0.5, 0.6) is 0 Å². The van der Waals surface area contributed by atoms with Crippen molar-refractivity contribution in [2.45, 2.75) is 12.2 Å². The van der Waals surface area contributed by atoms with Crippen LogP contribution in [0, 0.1) is 0 Å². The van der Waals surface area contributed by atoms with Gasteiger partial charge >= 0.3 is 0 Å². The minimum absolute atomic E-state index is 0.00514. The van der Waals surface area contributed by atoms with E-state index >= 15 is 0 Å². The van der Waals surface area contributed by atoms with Crippen LogP contribution in [0.4, 0.5) is 8.78 Å². The largest absolute Gasteiger partial charge is 0.359 e. The average Bonchev–Trinajstić information content (AvgIpc) is 3.21. The first-order chi connectivity index (χ1) is 9.27. The van der Waals surface area contributed by atoms with Crippen LogP contribution >= 0.6 is 0 Å². The maximum Gasteiger partial charge on any atom is 0.276 e. The van der Waals surface area contributed by atoms with Gasteiger partial charge in [-0.05, 0) is 11.1 Å². The van der Waals surface area contributed by atoms with E-state index in [1.54, 1.807) is 30.3 Å². The predicted molar refractivity (Wildman–Crippen MR) is 69.6 cm³/mol. The summed E-state index contributed by atoms with van der Waals surface area (Å²) in [5.74, 6) is 0. The summed E-state index contributed by atoms with van der Waals surface area (Å²) in [5, 5.41) is 0. The van der Waals surface area contributed by atoms with E-state index in [9.17, 15) is 8.78 Å². The van der Waals surface area contributed by atoms with Crippen molar-refractivity contribution in [2.75, 3.05) is 0 Å². The highest BCUT2D eigenvalue weighted by Gasteiger charge is 2.45. The molecule has 3 heteroatoms. The molecule has 1 aliphatic heterocycles. The van der Waals surface area contributed by atoms with Gasteiger partial charge in [-0.2, -0.15) is 8.78 Å². The summed E-state index contributed by atoms with van der Waals surface area (Å²) < 4.78 is 31.8. The number of hydrogen-bond acceptors (Lipinski definition) is 1. The Morgan fingerprint density at radius 1 is 0.842 bits per heavy atom. The first-order valence-corrected chi connectivity index (χ1v) is 6.08. The Hall–Kier alpha value is -2.00. The van der Waals surface area contributed by atoms with Crippen LogP contribution in [0.3, 0.4) is 0 Å². The summed E-state index contributed by atoms with van der Waals surface area (Å²) in [5.41, 5.74) is 1.45. The van der Waals surface area contributed by atoms with Gasteiger partial charge in [-0.3, -0.25) is 0 Å². The standard InChI is InChI=1S/C16H12F2O/c17-16(18)13(11-7-3-1-4-8-11)15-14(19-15)12-9-5-2-6-10-12/h1-10,14-15H/t14-,15-/m1/s1. The Balaban J connectivity index is 1.88. The van der Waals surface area contributed by atoms with Crippen LogP contribution in [-0.2, 0) is 4.74 Å². The van der Waals surface area contributed by atoms with Gasteiger partial charge in [-0.1, -0.05) is 60.7 Å². The highest BCUT2D eigenvalue weighted by molar-refractivity contribution is 5.72. The molecule has 2 aromatic carbocycles. The van der Waals surface area contributed by atoms with Gasteiger partial charge < -0.3 is 4.74 Å². The van der Waals surface area contributed by atoms with E-state index in [0.717, 1.165) is 5.56 Å². The first-order valence-electron chi connectivity index (χ1n) is 6.08. The Labute approximate surface area is 110 Å². The summed E-state index contributed by atoms with van der Waals surface area (Å²) >= 11 is 0.